The van der Waals surface area contributed by atoms with Crippen LogP contribution in [0, 0.1) is 12.8 Å². The maximum absolute atomic E-state index is 3.50. The van der Waals surface area contributed by atoms with Crippen LogP contribution in [0.15, 0.2) is 18.2 Å². The minimum absolute atomic E-state index is 0.815. The van der Waals surface area contributed by atoms with Crippen molar-refractivity contribution in [1.82, 2.24) is 0 Å². The smallest absolute Gasteiger partial charge is 0.0376 e. The lowest BCUT2D eigenvalue weighted by atomic mass is 9.95. The van der Waals surface area contributed by atoms with Gasteiger partial charge >= 0.3 is 0 Å². The Balaban J connectivity index is 2.03. The summed E-state index contributed by atoms with van der Waals surface area (Å²) in [5.74, 6) is 1.80. The average molecular weight is 173 g/mol. The van der Waals surface area contributed by atoms with E-state index in [1.54, 1.807) is 5.56 Å². The van der Waals surface area contributed by atoms with E-state index < -0.39 is 0 Å². The van der Waals surface area contributed by atoms with Gasteiger partial charge in [-0.15, -0.1) is 0 Å². The minimum atomic E-state index is 0.815. The van der Waals surface area contributed by atoms with Crippen molar-refractivity contribution in [2.45, 2.75) is 25.7 Å². The molecule has 1 atom stereocenters. The number of anilines is 1. The molecule has 1 fully saturated rings. The third kappa shape index (κ3) is 1.14. The Kier molecular flexibility index (Phi) is 1.43. The van der Waals surface area contributed by atoms with Crippen LogP contribution < -0.4 is 5.32 Å². The maximum Gasteiger partial charge on any atom is 0.0376 e. The zero-order valence-electron chi connectivity index (χ0n) is 8.01. The summed E-state index contributed by atoms with van der Waals surface area (Å²) in [5, 5.41) is 3.50. The molecule has 1 aromatic carbocycles. The van der Waals surface area contributed by atoms with Crippen molar-refractivity contribution in [1.29, 1.82) is 0 Å². The standard InChI is InChI=1S/C12H15N/c1-8-2-5-12-10(6-8)11(7-13-12)9-3-4-9/h2,5-6,9,11,13H,3-4,7H2,1H3. The van der Waals surface area contributed by atoms with Crippen molar-refractivity contribution >= 4 is 5.69 Å². The third-order valence-corrected chi connectivity index (χ3v) is 3.31. The fourth-order valence-electron chi connectivity index (χ4n) is 2.40. The molecule has 2 aliphatic rings. The van der Waals surface area contributed by atoms with Crippen molar-refractivity contribution in [2.75, 3.05) is 11.9 Å². The van der Waals surface area contributed by atoms with Crippen LogP contribution >= 0.6 is 0 Å². The summed E-state index contributed by atoms with van der Waals surface area (Å²) in [4.78, 5) is 0. The second-order valence-electron chi connectivity index (χ2n) is 4.42. The molecule has 0 saturated heterocycles. The SMILES string of the molecule is Cc1ccc2c(c1)C(C1CC1)CN2. The Labute approximate surface area is 79.2 Å². The normalized spacial score (nSPS) is 25.5. The summed E-state index contributed by atoms with van der Waals surface area (Å²) in [6.45, 7) is 3.35. The largest absolute Gasteiger partial charge is 0.384 e. The topological polar surface area (TPSA) is 12.0 Å². The van der Waals surface area contributed by atoms with E-state index in [-0.39, 0.29) is 0 Å². The predicted octanol–water partition coefficient (Wildman–Crippen LogP) is 2.91. The first-order chi connectivity index (χ1) is 6.34. The number of hydrogen-bond donors (Lipinski definition) is 1. The third-order valence-electron chi connectivity index (χ3n) is 3.31. The van der Waals surface area contributed by atoms with E-state index in [4.69, 9.17) is 0 Å². The Bertz CT molecular complexity index is 339. The fourth-order valence-corrected chi connectivity index (χ4v) is 2.40. The van der Waals surface area contributed by atoms with Gasteiger partial charge in [0.05, 0.1) is 0 Å². The lowest BCUT2D eigenvalue weighted by Gasteiger charge is -2.07. The molecule has 1 aliphatic heterocycles. The van der Waals surface area contributed by atoms with E-state index >= 15 is 0 Å². The highest BCUT2D eigenvalue weighted by molar-refractivity contribution is 5.59. The Morgan fingerprint density at radius 2 is 2.15 bits per heavy atom. The number of hydrogen-bond acceptors (Lipinski definition) is 1. The number of benzene rings is 1. The van der Waals surface area contributed by atoms with Gasteiger partial charge in [0.15, 0.2) is 0 Å². The molecule has 1 aliphatic carbocycles. The molecule has 1 aromatic rings. The molecule has 0 radical (unpaired) electrons. The molecule has 0 aromatic heterocycles. The lowest BCUT2D eigenvalue weighted by molar-refractivity contribution is 0.659. The molecular formula is C12H15N. The van der Waals surface area contributed by atoms with Gasteiger partial charge in [0, 0.05) is 18.2 Å². The highest BCUT2D eigenvalue weighted by Crippen LogP contribution is 2.47. The summed E-state index contributed by atoms with van der Waals surface area (Å²) >= 11 is 0. The summed E-state index contributed by atoms with van der Waals surface area (Å²) in [6.07, 6.45) is 2.89. The highest BCUT2D eigenvalue weighted by Gasteiger charge is 2.36. The van der Waals surface area contributed by atoms with Crippen LogP contribution in [-0.4, -0.2) is 6.54 Å². The first kappa shape index (κ1) is 7.43. The molecule has 1 heteroatoms. The van der Waals surface area contributed by atoms with Crippen LogP contribution in [0.5, 0.6) is 0 Å². The van der Waals surface area contributed by atoms with Crippen molar-refractivity contribution < 1.29 is 0 Å². The molecule has 1 nitrogen and oxygen atoms in total. The molecule has 13 heavy (non-hydrogen) atoms. The van der Waals surface area contributed by atoms with Gasteiger partial charge in [0.25, 0.3) is 0 Å². The van der Waals surface area contributed by atoms with Crippen molar-refractivity contribution in [3.05, 3.63) is 29.3 Å². The van der Waals surface area contributed by atoms with Crippen LogP contribution in [0.1, 0.15) is 29.9 Å². The molecular weight excluding hydrogens is 158 g/mol. The quantitative estimate of drug-likeness (QED) is 0.688. The number of nitrogens with one attached hydrogen (secondary N) is 1. The molecule has 3 rings (SSSR count). The van der Waals surface area contributed by atoms with Gasteiger partial charge in [-0.05, 0) is 37.3 Å². The summed E-state index contributed by atoms with van der Waals surface area (Å²) in [6, 6.07) is 6.78. The highest BCUT2D eigenvalue weighted by atomic mass is 14.9. The second-order valence-corrected chi connectivity index (χ2v) is 4.42. The van der Waals surface area contributed by atoms with Gasteiger partial charge in [-0.3, -0.25) is 0 Å². The molecule has 1 heterocycles. The van der Waals surface area contributed by atoms with Crippen molar-refractivity contribution in [3.8, 4) is 0 Å². The van der Waals surface area contributed by atoms with Crippen molar-refractivity contribution in [3.63, 3.8) is 0 Å². The number of fused-ring (bicyclic) bond motifs is 1. The molecule has 1 unspecified atom stereocenters. The molecule has 1 N–H and O–H groups in total. The Morgan fingerprint density at radius 3 is 2.92 bits per heavy atom. The van der Waals surface area contributed by atoms with Gasteiger partial charge in [0.1, 0.15) is 0 Å². The zero-order valence-corrected chi connectivity index (χ0v) is 8.01. The van der Waals surface area contributed by atoms with Gasteiger partial charge < -0.3 is 5.32 Å². The maximum atomic E-state index is 3.50. The van der Waals surface area contributed by atoms with Gasteiger partial charge in [-0.1, -0.05) is 17.7 Å². The molecule has 68 valence electrons. The van der Waals surface area contributed by atoms with E-state index in [2.05, 4.69) is 30.4 Å². The lowest BCUT2D eigenvalue weighted by Crippen LogP contribution is -2.03. The fraction of sp³-hybridized carbons (Fsp3) is 0.500. The minimum Gasteiger partial charge on any atom is -0.384 e. The van der Waals surface area contributed by atoms with Crippen LogP contribution in [0.25, 0.3) is 0 Å². The average Bonchev–Trinajstić information content (AvgIpc) is 2.87. The molecule has 0 amide bonds. The number of aryl methyl sites for hydroxylation is 1. The van der Waals surface area contributed by atoms with E-state index in [0.29, 0.717) is 0 Å². The van der Waals surface area contributed by atoms with Crippen LogP contribution in [0.4, 0.5) is 5.69 Å². The molecule has 1 saturated carbocycles. The summed E-state index contributed by atoms with van der Waals surface area (Å²) in [7, 11) is 0. The van der Waals surface area contributed by atoms with E-state index in [1.165, 1.54) is 30.6 Å². The molecule has 0 bridgehead atoms. The zero-order chi connectivity index (χ0) is 8.84. The van der Waals surface area contributed by atoms with E-state index in [9.17, 15) is 0 Å². The number of rotatable bonds is 1. The van der Waals surface area contributed by atoms with Gasteiger partial charge in [-0.25, -0.2) is 0 Å². The van der Waals surface area contributed by atoms with Crippen LogP contribution in [-0.2, 0) is 0 Å². The van der Waals surface area contributed by atoms with Gasteiger partial charge in [-0.2, -0.15) is 0 Å². The van der Waals surface area contributed by atoms with Gasteiger partial charge in [0.2, 0.25) is 0 Å². The monoisotopic (exact) mass is 173 g/mol. The summed E-state index contributed by atoms with van der Waals surface area (Å²) in [5.41, 5.74) is 4.35. The molecule has 0 spiro atoms. The first-order valence-electron chi connectivity index (χ1n) is 5.19. The predicted molar refractivity (Wildman–Crippen MR) is 55.1 cm³/mol. The Morgan fingerprint density at radius 1 is 1.31 bits per heavy atom. The first-order valence-corrected chi connectivity index (χ1v) is 5.19. The van der Waals surface area contributed by atoms with E-state index in [0.717, 1.165) is 11.8 Å². The van der Waals surface area contributed by atoms with Crippen LogP contribution in [0.3, 0.4) is 0 Å². The van der Waals surface area contributed by atoms with Crippen LogP contribution in [0.2, 0.25) is 0 Å². The summed E-state index contributed by atoms with van der Waals surface area (Å²) < 4.78 is 0. The van der Waals surface area contributed by atoms with Crippen molar-refractivity contribution in [2.24, 2.45) is 5.92 Å². The van der Waals surface area contributed by atoms with E-state index in [1.807, 2.05) is 0 Å². The Hall–Kier alpha value is -0.980. The second kappa shape index (κ2) is 2.50.